The molecule has 12 heteroatoms. The van der Waals surface area contributed by atoms with E-state index in [4.69, 9.17) is 24.2 Å². The van der Waals surface area contributed by atoms with E-state index in [0.717, 1.165) is 24.8 Å². The lowest BCUT2D eigenvalue weighted by molar-refractivity contribution is -0.149. The van der Waals surface area contributed by atoms with Gasteiger partial charge in [0.05, 0.1) is 31.2 Å². The predicted molar refractivity (Wildman–Crippen MR) is 165 cm³/mol. The lowest BCUT2D eigenvalue weighted by Crippen LogP contribution is -2.55. The first-order chi connectivity index (χ1) is 21.8. The molecule has 3 aliphatic rings. The van der Waals surface area contributed by atoms with E-state index in [-0.39, 0.29) is 31.5 Å². The SMILES string of the molecule is CCOC(=O)[C@@]12C[C@H]1C=CCCCCN(C)C(=O)N1C[C@H](Oc3nc(-c4ccncc4)nc4cc(OC)ccc34)C[C@H]1C(=O)N2. The summed E-state index contributed by atoms with van der Waals surface area (Å²) in [5, 5.41) is 3.66. The van der Waals surface area contributed by atoms with Crippen molar-refractivity contribution >= 4 is 28.8 Å². The lowest BCUT2D eigenvalue weighted by Gasteiger charge is -2.30. The van der Waals surface area contributed by atoms with E-state index >= 15 is 0 Å². The molecule has 0 unspecified atom stereocenters. The van der Waals surface area contributed by atoms with Gasteiger partial charge in [-0.2, -0.15) is 4.98 Å². The van der Waals surface area contributed by atoms with Crippen LogP contribution in [0.25, 0.3) is 22.3 Å². The van der Waals surface area contributed by atoms with Gasteiger partial charge in [-0.3, -0.25) is 9.78 Å². The quantitative estimate of drug-likeness (QED) is 0.325. The fourth-order valence-corrected chi connectivity index (χ4v) is 6.13. The Balaban J connectivity index is 1.32. The molecule has 45 heavy (non-hydrogen) atoms. The van der Waals surface area contributed by atoms with E-state index in [1.165, 1.54) is 0 Å². The minimum atomic E-state index is -1.13. The average molecular weight is 615 g/mol. The van der Waals surface area contributed by atoms with Crippen LogP contribution in [0.4, 0.5) is 4.79 Å². The second-order valence-electron chi connectivity index (χ2n) is 11.7. The number of methoxy groups -OCH3 is 1. The molecular formula is C33H38N6O6. The van der Waals surface area contributed by atoms with Crippen LogP contribution in [0, 0.1) is 5.92 Å². The van der Waals surface area contributed by atoms with Crippen LogP contribution in [0.3, 0.4) is 0 Å². The fourth-order valence-electron chi connectivity index (χ4n) is 6.13. The molecule has 1 aromatic carbocycles. The molecule has 0 spiro atoms. The van der Waals surface area contributed by atoms with E-state index in [2.05, 4.69) is 16.4 Å². The topological polar surface area (TPSA) is 136 Å². The van der Waals surface area contributed by atoms with Crippen molar-refractivity contribution in [2.75, 3.05) is 33.9 Å². The molecule has 0 bridgehead atoms. The second kappa shape index (κ2) is 12.7. The molecule has 3 aromatic rings. The van der Waals surface area contributed by atoms with Crippen LogP contribution >= 0.6 is 0 Å². The number of rotatable bonds is 6. The summed E-state index contributed by atoms with van der Waals surface area (Å²) in [5.41, 5.74) is 0.256. The van der Waals surface area contributed by atoms with Gasteiger partial charge in [-0.25, -0.2) is 14.6 Å². The van der Waals surface area contributed by atoms with Gasteiger partial charge in [-0.1, -0.05) is 12.2 Å². The number of nitrogens with zero attached hydrogens (tertiary/aromatic N) is 5. The molecule has 2 fully saturated rings. The molecule has 3 amide bonds. The number of hydrogen-bond acceptors (Lipinski definition) is 9. The van der Waals surface area contributed by atoms with Gasteiger partial charge in [0.15, 0.2) is 5.82 Å². The normalized spacial score (nSPS) is 25.2. The molecule has 2 aromatic heterocycles. The monoisotopic (exact) mass is 614 g/mol. The lowest BCUT2D eigenvalue weighted by atomic mass is 10.1. The van der Waals surface area contributed by atoms with Crippen LogP contribution in [-0.2, 0) is 14.3 Å². The number of fused-ring (bicyclic) bond motifs is 3. The van der Waals surface area contributed by atoms with Crippen LogP contribution in [-0.4, -0.2) is 94.2 Å². The van der Waals surface area contributed by atoms with Crippen molar-refractivity contribution in [3.05, 3.63) is 54.9 Å². The van der Waals surface area contributed by atoms with Crippen molar-refractivity contribution in [1.82, 2.24) is 30.1 Å². The summed E-state index contributed by atoms with van der Waals surface area (Å²) in [5.74, 6) is 0.411. The van der Waals surface area contributed by atoms with Gasteiger partial charge in [-0.15, -0.1) is 0 Å². The van der Waals surface area contributed by atoms with E-state index in [1.807, 2.05) is 36.4 Å². The molecule has 1 N–H and O–H groups in total. The molecule has 4 heterocycles. The molecule has 6 rings (SSSR count). The molecule has 2 aliphatic heterocycles. The maximum Gasteiger partial charge on any atom is 0.332 e. The van der Waals surface area contributed by atoms with Gasteiger partial charge in [0.1, 0.15) is 23.4 Å². The highest BCUT2D eigenvalue weighted by Crippen LogP contribution is 2.46. The Morgan fingerprint density at radius 1 is 1.13 bits per heavy atom. The maximum atomic E-state index is 13.9. The zero-order valence-electron chi connectivity index (χ0n) is 25.8. The minimum Gasteiger partial charge on any atom is -0.497 e. The highest BCUT2D eigenvalue weighted by molar-refractivity contribution is 5.95. The number of hydrogen-bond donors (Lipinski definition) is 1. The van der Waals surface area contributed by atoms with Crippen molar-refractivity contribution in [3.63, 3.8) is 0 Å². The van der Waals surface area contributed by atoms with Crippen LogP contribution in [0.5, 0.6) is 11.6 Å². The van der Waals surface area contributed by atoms with E-state index < -0.39 is 29.6 Å². The number of aromatic nitrogens is 3. The van der Waals surface area contributed by atoms with Crippen LogP contribution in [0.2, 0.25) is 0 Å². The van der Waals surface area contributed by atoms with Crippen LogP contribution in [0.15, 0.2) is 54.9 Å². The number of nitrogens with one attached hydrogen (secondary N) is 1. The predicted octanol–water partition coefficient (Wildman–Crippen LogP) is 3.75. The Hall–Kier alpha value is -4.74. The van der Waals surface area contributed by atoms with Crippen molar-refractivity contribution in [3.8, 4) is 23.0 Å². The van der Waals surface area contributed by atoms with E-state index in [1.54, 1.807) is 43.3 Å². The first-order valence-electron chi connectivity index (χ1n) is 15.4. The Morgan fingerprint density at radius 3 is 2.73 bits per heavy atom. The molecule has 1 saturated heterocycles. The van der Waals surface area contributed by atoms with Crippen LogP contribution < -0.4 is 14.8 Å². The zero-order chi connectivity index (χ0) is 31.6. The third kappa shape index (κ3) is 6.13. The number of amides is 3. The Labute approximate surface area is 261 Å². The Kier molecular flexibility index (Phi) is 8.55. The number of benzene rings is 1. The van der Waals surface area contributed by atoms with Crippen molar-refractivity contribution < 1.29 is 28.6 Å². The number of ether oxygens (including phenoxy) is 3. The van der Waals surface area contributed by atoms with Crippen LogP contribution in [0.1, 0.15) is 39.0 Å². The van der Waals surface area contributed by atoms with Gasteiger partial charge in [0, 0.05) is 50.0 Å². The first kappa shape index (κ1) is 30.3. The van der Waals surface area contributed by atoms with Crippen molar-refractivity contribution in [2.24, 2.45) is 5.92 Å². The molecule has 12 nitrogen and oxygen atoms in total. The number of urea groups is 1. The van der Waals surface area contributed by atoms with Gasteiger partial charge in [-0.05, 0) is 56.9 Å². The summed E-state index contributed by atoms with van der Waals surface area (Å²) in [4.78, 5) is 57.5. The smallest absolute Gasteiger partial charge is 0.332 e. The largest absolute Gasteiger partial charge is 0.497 e. The second-order valence-corrected chi connectivity index (χ2v) is 11.7. The standard InChI is InChI=1S/C33H38N6O6/c1-4-44-31(41)33-19-22(33)9-7-5-6-8-16-38(2)32(42)39-20-24(18-27(39)29(40)37-33)45-30-25-11-10-23(43-3)17-26(25)35-28(36-30)21-12-14-34-15-13-21/h7,9-15,17,22,24,27H,4-6,8,16,18-20H2,1-3H3,(H,37,40)/t22-,24-,27+,33-/m1/s1. The van der Waals surface area contributed by atoms with Gasteiger partial charge < -0.3 is 29.3 Å². The summed E-state index contributed by atoms with van der Waals surface area (Å²) in [6.45, 7) is 2.69. The maximum absolute atomic E-state index is 13.9. The highest BCUT2D eigenvalue weighted by Gasteiger charge is 2.62. The van der Waals surface area contributed by atoms with Crippen molar-refractivity contribution in [1.29, 1.82) is 0 Å². The summed E-state index contributed by atoms with van der Waals surface area (Å²) in [6.07, 6.45) is 10.1. The molecule has 1 saturated carbocycles. The summed E-state index contributed by atoms with van der Waals surface area (Å²) < 4.78 is 17.3. The number of pyridine rings is 1. The molecular weight excluding hydrogens is 576 g/mol. The van der Waals surface area contributed by atoms with Gasteiger partial charge in [0.25, 0.3) is 0 Å². The van der Waals surface area contributed by atoms with E-state index in [0.29, 0.717) is 41.3 Å². The molecule has 1 aliphatic carbocycles. The first-order valence-corrected chi connectivity index (χ1v) is 15.4. The molecule has 4 atom stereocenters. The number of allylic oxidation sites excluding steroid dienone is 1. The molecule has 0 radical (unpaired) electrons. The number of carbonyl (C=O) groups is 3. The third-order valence-electron chi connectivity index (χ3n) is 8.71. The van der Waals surface area contributed by atoms with Crippen molar-refractivity contribution in [2.45, 2.75) is 56.7 Å². The fraction of sp³-hybridized carbons (Fsp3) is 0.455. The number of esters is 1. The number of carbonyl (C=O) groups excluding carboxylic acids is 3. The average Bonchev–Trinajstić information content (AvgIpc) is 3.59. The minimum absolute atomic E-state index is 0.153. The summed E-state index contributed by atoms with van der Waals surface area (Å²) >= 11 is 0. The third-order valence-corrected chi connectivity index (χ3v) is 8.71. The Morgan fingerprint density at radius 2 is 1.96 bits per heavy atom. The zero-order valence-corrected chi connectivity index (χ0v) is 25.8. The van der Waals surface area contributed by atoms with Gasteiger partial charge in [0.2, 0.25) is 11.8 Å². The van der Waals surface area contributed by atoms with E-state index in [9.17, 15) is 14.4 Å². The molecule has 236 valence electrons. The summed E-state index contributed by atoms with van der Waals surface area (Å²) in [6, 6.07) is 7.97. The van der Waals surface area contributed by atoms with Gasteiger partial charge >= 0.3 is 12.0 Å². The summed E-state index contributed by atoms with van der Waals surface area (Å²) in [7, 11) is 3.34. The Bertz CT molecular complexity index is 1620. The highest BCUT2D eigenvalue weighted by atomic mass is 16.5.